The third-order valence-corrected chi connectivity index (χ3v) is 7.27. The lowest BCUT2D eigenvalue weighted by atomic mass is 9.99. The molecule has 7 heteroatoms. The number of anilines is 1. The molecule has 0 unspecified atom stereocenters. The first-order chi connectivity index (χ1) is 15.3. The first kappa shape index (κ1) is 22.3. The summed E-state index contributed by atoms with van der Waals surface area (Å²) >= 11 is 2.67. The summed E-state index contributed by atoms with van der Waals surface area (Å²) in [7, 11) is 0. The van der Waals surface area contributed by atoms with Gasteiger partial charge in [-0.25, -0.2) is 4.98 Å². The number of amides is 1. The Bertz CT molecular complexity index is 1340. The minimum atomic E-state index is -0.184. The van der Waals surface area contributed by atoms with Gasteiger partial charge < -0.3 is 10.3 Å². The molecule has 0 aliphatic carbocycles. The van der Waals surface area contributed by atoms with Crippen LogP contribution in [0, 0.1) is 13.8 Å². The van der Waals surface area contributed by atoms with Gasteiger partial charge in [0.25, 0.3) is 5.56 Å². The topological polar surface area (TPSA) is 74.8 Å². The first-order valence-corrected chi connectivity index (χ1v) is 12.3. The van der Waals surface area contributed by atoms with Crippen molar-refractivity contribution < 1.29 is 4.79 Å². The van der Waals surface area contributed by atoms with Crippen LogP contribution < -0.4 is 10.9 Å². The Morgan fingerprint density at radius 2 is 1.91 bits per heavy atom. The minimum Gasteiger partial charge on any atom is -0.325 e. The second-order valence-electron chi connectivity index (χ2n) is 8.06. The van der Waals surface area contributed by atoms with Gasteiger partial charge in [-0.05, 0) is 48.1 Å². The van der Waals surface area contributed by atoms with Gasteiger partial charge in [-0.3, -0.25) is 9.59 Å². The number of nitrogens with zero attached hydrogens (tertiary/aromatic N) is 1. The predicted octanol–water partition coefficient (Wildman–Crippen LogP) is 6.12. The lowest BCUT2D eigenvalue weighted by Gasteiger charge is -2.10. The lowest BCUT2D eigenvalue weighted by Crippen LogP contribution is -2.16. The van der Waals surface area contributed by atoms with Crippen LogP contribution in [0.4, 0.5) is 5.69 Å². The van der Waals surface area contributed by atoms with Crippen molar-refractivity contribution in [3.8, 4) is 11.1 Å². The van der Waals surface area contributed by atoms with Crippen molar-refractivity contribution in [2.45, 2.75) is 38.8 Å². The molecule has 2 aromatic heterocycles. The predicted molar refractivity (Wildman–Crippen MR) is 135 cm³/mol. The van der Waals surface area contributed by atoms with Gasteiger partial charge in [0.2, 0.25) is 5.91 Å². The molecule has 0 radical (unpaired) electrons. The molecule has 0 aliphatic rings. The Balaban J connectivity index is 1.51. The molecule has 0 saturated carbocycles. The molecule has 32 heavy (non-hydrogen) atoms. The molecular formula is C25H25N3O2S2. The number of aryl methyl sites for hydroxylation is 1. The molecular weight excluding hydrogens is 438 g/mol. The fraction of sp³-hybridized carbons (Fsp3) is 0.240. The van der Waals surface area contributed by atoms with E-state index in [2.05, 4.69) is 53.4 Å². The van der Waals surface area contributed by atoms with Gasteiger partial charge in [0.15, 0.2) is 5.16 Å². The summed E-state index contributed by atoms with van der Waals surface area (Å²) in [6.45, 7) is 8.31. The quantitative estimate of drug-likeness (QED) is 0.267. The normalized spacial score (nSPS) is 11.3. The number of hydrogen-bond acceptors (Lipinski definition) is 5. The van der Waals surface area contributed by atoms with Crippen LogP contribution in [0.3, 0.4) is 0 Å². The van der Waals surface area contributed by atoms with E-state index in [1.165, 1.54) is 28.7 Å². The van der Waals surface area contributed by atoms with E-state index in [0.29, 0.717) is 21.3 Å². The van der Waals surface area contributed by atoms with Crippen LogP contribution in [0.15, 0.2) is 57.8 Å². The van der Waals surface area contributed by atoms with Crippen LogP contribution in [-0.2, 0) is 4.79 Å². The van der Waals surface area contributed by atoms with Crippen molar-refractivity contribution in [1.29, 1.82) is 0 Å². The summed E-state index contributed by atoms with van der Waals surface area (Å²) < 4.78 is 0. The Morgan fingerprint density at radius 1 is 1.16 bits per heavy atom. The highest BCUT2D eigenvalue weighted by molar-refractivity contribution is 7.99. The molecule has 0 saturated heterocycles. The number of hydrogen-bond donors (Lipinski definition) is 2. The Kier molecular flexibility index (Phi) is 6.48. The van der Waals surface area contributed by atoms with E-state index in [-0.39, 0.29) is 17.2 Å². The number of nitrogens with one attached hydrogen (secondary N) is 2. The number of aromatic nitrogens is 2. The first-order valence-electron chi connectivity index (χ1n) is 10.4. The maximum absolute atomic E-state index is 12.8. The van der Waals surface area contributed by atoms with Crippen LogP contribution in [-0.4, -0.2) is 21.6 Å². The number of thioether (sulfide) groups is 1. The van der Waals surface area contributed by atoms with E-state index >= 15 is 0 Å². The van der Waals surface area contributed by atoms with Crippen LogP contribution in [0.1, 0.15) is 36.5 Å². The van der Waals surface area contributed by atoms with Crippen LogP contribution in [0.25, 0.3) is 21.3 Å². The van der Waals surface area contributed by atoms with Crippen molar-refractivity contribution >= 4 is 44.9 Å². The molecule has 2 aromatic carbocycles. The highest BCUT2D eigenvalue weighted by Gasteiger charge is 2.15. The van der Waals surface area contributed by atoms with Crippen LogP contribution in [0.2, 0.25) is 0 Å². The summed E-state index contributed by atoms with van der Waals surface area (Å²) in [5.74, 6) is 0.486. The maximum atomic E-state index is 12.8. The number of thiophene rings is 1. The SMILES string of the molecule is Cc1cccc(NC(=O)CSc2nc3scc(-c4ccc(C(C)C)cc4)c3c(=O)[nH]2)c1C. The maximum Gasteiger partial charge on any atom is 0.260 e. The summed E-state index contributed by atoms with van der Waals surface area (Å²) in [4.78, 5) is 33.4. The highest BCUT2D eigenvalue weighted by atomic mass is 32.2. The van der Waals surface area contributed by atoms with E-state index in [1.807, 2.05) is 37.4 Å². The Morgan fingerprint density at radius 3 is 2.62 bits per heavy atom. The van der Waals surface area contributed by atoms with E-state index in [9.17, 15) is 9.59 Å². The number of H-pyrrole nitrogens is 1. The summed E-state index contributed by atoms with van der Waals surface area (Å²) in [6.07, 6.45) is 0. The molecule has 2 heterocycles. The van der Waals surface area contributed by atoms with Crippen molar-refractivity contribution in [1.82, 2.24) is 9.97 Å². The van der Waals surface area contributed by atoms with Crippen LogP contribution >= 0.6 is 23.1 Å². The molecule has 0 aliphatic heterocycles. The molecule has 4 rings (SSSR count). The molecule has 0 atom stereocenters. The number of rotatable bonds is 6. The largest absolute Gasteiger partial charge is 0.325 e. The number of carbonyl (C=O) groups excluding carboxylic acids is 1. The fourth-order valence-corrected chi connectivity index (χ4v) is 5.13. The number of carbonyl (C=O) groups is 1. The standard InChI is InChI=1S/C25H25N3O2S2/c1-14(2)17-8-10-18(11-9-17)19-12-31-24-22(19)23(30)27-25(28-24)32-13-21(29)26-20-7-5-6-15(3)16(20)4/h5-12,14H,13H2,1-4H3,(H,26,29)(H,27,28,30). The van der Waals surface area contributed by atoms with Gasteiger partial charge in [0.05, 0.1) is 11.1 Å². The van der Waals surface area contributed by atoms with E-state index in [0.717, 1.165) is 27.9 Å². The third kappa shape index (κ3) is 4.64. The zero-order valence-corrected chi connectivity index (χ0v) is 20.1. The molecule has 0 bridgehead atoms. The van der Waals surface area contributed by atoms with Crippen molar-refractivity contribution in [2.24, 2.45) is 0 Å². The average molecular weight is 464 g/mol. The Hall–Kier alpha value is -2.90. The van der Waals surface area contributed by atoms with Gasteiger partial charge in [-0.2, -0.15) is 0 Å². The zero-order valence-electron chi connectivity index (χ0n) is 18.5. The van der Waals surface area contributed by atoms with Gasteiger partial charge in [-0.15, -0.1) is 11.3 Å². The van der Waals surface area contributed by atoms with Crippen molar-refractivity contribution in [2.75, 3.05) is 11.1 Å². The number of benzene rings is 2. The fourth-order valence-electron chi connectivity index (χ4n) is 3.46. The Labute approximate surface area is 195 Å². The molecule has 164 valence electrons. The molecule has 5 nitrogen and oxygen atoms in total. The molecule has 2 N–H and O–H groups in total. The summed E-state index contributed by atoms with van der Waals surface area (Å²) in [5.41, 5.74) is 5.94. The second kappa shape index (κ2) is 9.30. The number of aromatic amines is 1. The third-order valence-electron chi connectivity index (χ3n) is 5.53. The second-order valence-corrected chi connectivity index (χ2v) is 9.88. The van der Waals surface area contributed by atoms with E-state index < -0.39 is 0 Å². The monoisotopic (exact) mass is 463 g/mol. The summed E-state index contributed by atoms with van der Waals surface area (Å²) in [5, 5.41) is 5.95. The van der Waals surface area contributed by atoms with Gasteiger partial charge >= 0.3 is 0 Å². The lowest BCUT2D eigenvalue weighted by molar-refractivity contribution is -0.113. The van der Waals surface area contributed by atoms with Crippen molar-refractivity contribution in [3.63, 3.8) is 0 Å². The smallest absolute Gasteiger partial charge is 0.260 e. The van der Waals surface area contributed by atoms with Gasteiger partial charge in [0.1, 0.15) is 4.83 Å². The highest BCUT2D eigenvalue weighted by Crippen LogP contribution is 2.32. The van der Waals surface area contributed by atoms with Gasteiger partial charge in [-0.1, -0.05) is 62.0 Å². The molecule has 0 spiro atoms. The molecule has 1 amide bonds. The minimum absolute atomic E-state index is 0.136. The van der Waals surface area contributed by atoms with E-state index in [1.54, 1.807) is 0 Å². The van der Waals surface area contributed by atoms with Gasteiger partial charge in [0, 0.05) is 16.6 Å². The number of fused-ring (bicyclic) bond motifs is 1. The zero-order chi connectivity index (χ0) is 22.8. The molecule has 0 fully saturated rings. The summed E-state index contributed by atoms with van der Waals surface area (Å²) in [6, 6.07) is 14.1. The molecule has 4 aromatic rings. The van der Waals surface area contributed by atoms with Crippen molar-refractivity contribution in [3.05, 3.63) is 74.9 Å². The van der Waals surface area contributed by atoms with Crippen LogP contribution in [0.5, 0.6) is 0 Å². The average Bonchev–Trinajstić information content (AvgIpc) is 3.20. The van der Waals surface area contributed by atoms with E-state index in [4.69, 9.17) is 0 Å².